The van der Waals surface area contributed by atoms with Crippen LogP contribution in [-0.2, 0) is 23.9 Å². The quantitative estimate of drug-likeness (QED) is 0.124. The molecule has 8 heteroatoms. The number of hydrogen-bond acceptors (Lipinski definition) is 8. The second-order valence-corrected chi connectivity index (χ2v) is 18.0. The van der Waals surface area contributed by atoms with Gasteiger partial charge < -0.3 is 29.6 Å². The van der Waals surface area contributed by atoms with Crippen molar-refractivity contribution in [1.29, 1.82) is 0 Å². The summed E-state index contributed by atoms with van der Waals surface area (Å²) in [5.74, 6) is -1.37. The van der Waals surface area contributed by atoms with E-state index in [-0.39, 0.29) is 28.6 Å². The number of fused-ring (bicyclic) bond motifs is 7. The van der Waals surface area contributed by atoms with Gasteiger partial charge >= 0.3 is 11.9 Å². The van der Waals surface area contributed by atoms with Crippen LogP contribution < -0.4 is 0 Å². The Morgan fingerprint density at radius 1 is 0.979 bits per heavy atom. The summed E-state index contributed by atoms with van der Waals surface area (Å²) in [6.07, 6.45) is 6.77. The molecule has 0 amide bonds. The number of ether oxygens (including phenoxy) is 2. The molecule has 1 unspecified atom stereocenters. The summed E-state index contributed by atoms with van der Waals surface area (Å²) in [6, 6.07) is 0. The van der Waals surface area contributed by atoms with Gasteiger partial charge in [-0.1, -0.05) is 73.1 Å². The predicted molar refractivity (Wildman–Crippen MR) is 183 cm³/mol. The number of carbonyl (C=O) groups is 3. The van der Waals surface area contributed by atoms with E-state index in [1.807, 2.05) is 27.7 Å². The zero-order chi connectivity index (χ0) is 35.8. The summed E-state index contributed by atoms with van der Waals surface area (Å²) in [6.45, 7) is 19.7. The molecule has 4 fully saturated rings. The van der Waals surface area contributed by atoms with Gasteiger partial charge in [-0.25, -0.2) is 4.79 Å². The summed E-state index contributed by atoms with van der Waals surface area (Å²) < 4.78 is 12.6. The van der Waals surface area contributed by atoms with Crippen molar-refractivity contribution in [2.45, 2.75) is 145 Å². The monoisotopic (exact) mass is 670 g/mol. The molecule has 3 N–H and O–H groups in total. The maximum absolute atomic E-state index is 13.6. The first kappa shape index (κ1) is 37.2. The Hall–Kier alpha value is -2.03. The van der Waals surface area contributed by atoms with Crippen LogP contribution in [0.5, 0.6) is 0 Å². The van der Waals surface area contributed by atoms with Crippen LogP contribution in [0.1, 0.15) is 121 Å². The van der Waals surface area contributed by atoms with E-state index in [2.05, 4.69) is 26.8 Å². The zero-order valence-electron chi connectivity index (χ0n) is 31.1. The summed E-state index contributed by atoms with van der Waals surface area (Å²) in [5.41, 5.74) is -1.92. The second-order valence-electron chi connectivity index (χ2n) is 18.0. The molecular formula is C40H62O8. The Morgan fingerprint density at radius 2 is 1.65 bits per heavy atom. The van der Waals surface area contributed by atoms with Gasteiger partial charge in [-0.15, -0.1) is 0 Å². The fourth-order valence-corrected chi connectivity index (χ4v) is 11.9. The van der Waals surface area contributed by atoms with E-state index in [0.717, 1.165) is 32.0 Å². The number of aliphatic hydroxyl groups is 3. The summed E-state index contributed by atoms with van der Waals surface area (Å²) in [5, 5.41) is 35.1. The van der Waals surface area contributed by atoms with Gasteiger partial charge in [-0.3, -0.25) is 4.79 Å². The number of aldehydes is 1. The normalized spacial score (nSPS) is 47.2. The highest BCUT2D eigenvalue weighted by molar-refractivity contribution is 5.87. The lowest BCUT2D eigenvalue weighted by molar-refractivity contribution is -0.266. The smallest absolute Gasteiger partial charge is 0.333 e. The third-order valence-electron chi connectivity index (χ3n) is 15.5. The van der Waals surface area contributed by atoms with Crippen molar-refractivity contribution >= 4 is 18.2 Å². The minimum atomic E-state index is -1.27. The largest absolute Gasteiger partial charge is 0.457 e. The molecule has 0 heterocycles. The molecule has 0 bridgehead atoms. The molecular weight excluding hydrogens is 608 g/mol. The van der Waals surface area contributed by atoms with E-state index in [4.69, 9.17) is 9.47 Å². The molecule has 48 heavy (non-hydrogen) atoms. The van der Waals surface area contributed by atoms with E-state index in [0.29, 0.717) is 31.3 Å². The van der Waals surface area contributed by atoms with Crippen molar-refractivity contribution in [3.05, 3.63) is 23.3 Å². The fraction of sp³-hybridized carbons (Fsp3) is 0.825. The molecule has 4 saturated carbocycles. The van der Waals surface area contributed by atoms with Crippen LogP contribution in [0.3, 0.4) is 0 Å². The molecule has 0 aliphatic heterocycles. The maximum Gasteiger partial charge on any atom is 0.333 e. The lowest BCUT2D eigenvalue weighted by Crippen LogP contribution is -2.72. The van der Waals surface area contributed by atoms with Gasteiger partial charge in [-0.2, -0.15) is 0 Å². The highest BCUT2D eigenvalue weighted by atomic mass is 16.6. The first-order chi connectivity index (χ1) is 22.3. The lowest BCUT2D eigenvalue weighted by Gasteiger charge is -2.72. The second kappa shape index (κ2) is 12.3. The van der Waals surface area contributed by atoms with Gasteiger partial charge in [0.05, 0.1) is 35.6 Å². The minimum Gasteiger partial charge on any atom is -0.457 e. The SMILES string of the molecule is C/C=C(/C)C(=O)O[C@H]1[C@H](OC(=O)C(C)CC)[C@]2(CO)[C@H](O)C[C@]3(C)C(=CC[C@@H]4[C@@]5(C)CC[C@H](O)[C@@](C)(C=O)[C@@H]5CC[C@]43C)[C@@H]2CC1(C)C. The van der Waals surface area contributed by atoms with Crippen LogP contribution in [-0.4, -0.2) is 64.6 Å². The highest BCUT2D eigenvalue weighted by Gasteiger charge is 2.73. The average Bonchev–Trinajstić information content (AvgIpc) is 3.03. The van der Waals surface area contributed by atoms with E-state index >= 15 is 0 Å². The van der Waals surface area contributed by atoms with Crippen LogP contribution in [0.4, 0.5) is 0 Å². The number of allylic oxidation sites excluding steroid dienone is 3. The molecule has 270 valence electrons. The van der Waals surface area contributed by atoms with Gasteiger partial charge in [0.1, 0.15) is 18.5 Å². The summed E-state index contributed by atoms with van der Waals surface area (Å²) in [7, 11) is 0. The number of aliphatic hydroxyl groups excluding tert-OH is 3. The van der Waals surface area contributed by atoms with Crippen molar-refractivity contribution in [2.24, 2.45) is 56.2 Å². The minimum absolute atomic E-state index is 0.0574. The van der Waals surface area contributed by atoms with Gasteiger partial charge in [-0.05, 0) is 99.2 Å². The van der Waals surface area contributed by atoms with Crippen molar-refractivity contribution < 1.29 is 39.2 Å². The Balaban J connectivity index is 1.65. The molecule has 13 atom stereocenters. The van der Waals surface area contributed by atoms with E-state index in [1.54, 1.807) is 26.8 Å². The van der Waals surface area contributed by atoms with Crippen LogP contribution in [0.15, 0.2) is 23.3 Å². The number of hydrogen-bond donors (Lipinski definition) is 3. The average molecular weight is 671 g/mol. The fourth-order valence-electron chi connectivity index (χ4n) is 11.9. The highest BCUT2D eigenvalue weighted by Crippen LogP contribution is 2.75. The Kier molecular flexibility index (Phi) is 9.56. The van der Waals surface area contributed by atoms with E-state index in [1.165, 1.54) is 5.57 Å². The van der Waals surface area contributed by atoms with Crippen LogP contribution in [0.25, 0.3) is 0 Å². The Labute approximate surface area is 288 Å². The summed E-state index contributed by atoms with van der Waals surface area (Å²) >= 11 is 0. The first-order valence-corrected chi connectivity index (χ1v) is 18.5. The topological polar surface area (TPSA) is 130 Å². The third kappa shape index (κ3) is 4.96. The van der Waals surface area contributed by atoms with Crippen LogP contribution >= 0.6 is 0 Å². The number of rotatable bonds is 7. The Morgan fingerprint density at radius 3 is 2.23 bits per heavy atom. The molecule has 0 aromatic heterocycles. The van der Waals surface area contributed by atoms with Gasteiger partial charge in [0, 0.05) is 11.0 Å². The van der Waals surface area contributed by atoms with E-state index < -0.39 is 70.5 Å². The van der Waals surface area contributed by atoms with Gasteiger partial charge in [0.25, 0.3) is 0 Å². The molecule has 5 rings (SSSR count). The molecule has 0 radical (unpaired) electrons. The van der Waals surface area contributed by atoms with Gasteiger partial charge in [0.15, 0.2) is 0 Å². The molecule has 5 aliphatic rings. The molecule has 0 saturated heterocycles. The zero-order valence-corrected chi connectivity index (χ0v) is 31.1. The molecule has 0 aromatic carbocycles. The third-order valence-corrected chi connectivity index (χ3v) is 15.5. The van der Waals surface area contributed by atoms with Crippen molar-refractivity contribution in [3.63, 3.8) is 0 Å². The van der Waals surface area contributed by atoms with E-state index in [9.17, 15) is 29.7 Å². The first-order valence-electron chi connectivity index (χ1n) is 18.5. The van der Waals surface area contributed by atoms with Crippen LogP contribution in [0, 0.1) is 56.2 Å². The van der Waals surface area contributed by atoms with Crippen LogP contribution in [0.2, 0.25) is 0 Å². The predicted octanol–water partition coefficient (Wildman–Crippen LogP) is 6.35. The standard InChI is InChI=1S/C40H62O8/c1-11-23(3)33(45)47-31-32(48-34(46)24(4)12-2)40(22-42)26(19-35(31,5)6)25-13-14-28-36(7)17-16-29(43)37(8,21-41)27(36)15-18-38(28,9)39(25,10)20-30(40)44/h11,13,21,24,26-32,42-44H,12,14-20,22H2,1-10H3/b23-11-/t24?,26-,27+,28+,29-,30+,31-,32-,36-,37-,38+,39+,40-/m0/s1. The Bertz CT molecular complexity index is 1370. The van der Waals surface area contributed by atoms with Crippen molar-refractivity contribution in [2.75, 3.05) is 6.61 Å². The van der Waals surface area contributed by atoms with Crippen molar-refractivity contribution in [3.8, 4) is 0 Å². The van der Waals surface area contributed by atoms with Crippen molar-refractivity contribution in [1.82, 2.24) is 0 Å². The summed E-state index contributed by atoms with van der Waals surface area (Å²) in [4.78, 5) is 39.4. The number of esters is 2. The molecule has 0 aromatic rings. The van der Waals surface area contributed by atoms with Gasteiger partial charge in [0.2, 0.25) is 0 Å². The molecule has 8 nitrogen and oxygen atoms in total. The molecule has 5 aliphatic carbocycles. The maximum atomic E-state index is 13.6. The lowest BCUT2D eigenvalue weighted by atomic mass is 9.33. The number of carbonyl (C=O) groups excluding carboxylic acids is 3. The molecule has 0 spiro atoms.